The molecule has 1 aliphatic carbocycles. The van der Waals surface area contributed by atoms with E-state index < -0.39 is 11.0 Å². The minimum Gasteiger partial charge on any atom is -0.288 e. The van der Waals surface area contributed by atoms with Gasteiger partial charge in [0.15, 0.2) is 0 Å². The molecular weight excluding hydrogens is 152 g/mol. The third-order valence-electron chi connectivity index (χ3n) is 2.01. The van der Waals surface area contributed by atoms with Gasteiger partial charge in [-0.25, -0.2) is 8.42 Å². The molecule has 0 saturated heterocycles. The van der Waals surface area contributed by atoms with Crippen molar-refractivity contribution in [1.29, 1.82) is 0 Å². The Bertz CT molecular complexity index is 164. The fourth-order valence-electron chi connectivity index (χ4n) is 0.730. The zero-order valence-corrected chi connectivity index (χ0v) is 7.39. The van der Waals surface area contributed by atoms with Gasteiger partial charge in [-0.3, -0.25) is 4.55 Å². The van der Waals surface area contributed by atoms with Crippen molar-refractivity contribution < 1.29 is 13.0 Å². The van der Waals surface area contributed by atoms with E-state index in [1.54, 1.807) is 0 Å². The van der Waals surface area contributed by atoms with Crippen molar-refractivity contribution in [1.82, 2.24) is 0 Å². The SMILES string of the molecule is CC1CC1(C)C.O=[SH](=O)O. The minimum absolute atomic E-state index is 0.708. The van der Waals surface area contributed by atoms with Crippen molar-refractivity contribution in [3.05, 3.63) is 0 Å². The Kier molecular flexibility index (Phi) is 3.31. The first kappa shape index (κ1) is 9.91. The summed E-state index contributed by atoms with van der Waals surface area (Å²) in [5.74, 6) is 0.998. The zero-order valence-electron chi connectivity index (χ0n) is 6.50. The van der Waals surface area contributed by atoms with E-state index in [4.69, 9.17) is 13.0 Å². The summed E-state index contributed by atoms with van der Waals surface area (Å²) in [5.41, 5.74) is 0.708. The standard InChI is InChI=1S/C6H12.H2O3S/c1-5-4-6(5,2)3;1-4(2)3/h5H,4H2,1-3H3;4H,(H,1,2,3). The molecule has 0 radical (unpaired) electrons. The summed E-state index contributed by atoms with van der Waals surface area (Å²) in [6.45, 7) is 6.94. The van der Waals surface area contributed by atoms with Crippen LogP contribution in [0.1, 0.15) is 27.2 Å². The molecule has 1 saturated carbocycles. The summed E-state index contributed by atoms with van der Waals surface area (Å²) in [4.78, 5) is 0. The van der Waals surface area contributed by atoms with E-state index in [1.807, 2.05) is 0 Å². The molecule has 1 atom stereocenters. The van der Waals surface area contributed by atoms with E-state index in [0.717, 1.165) is 5.92 Å². The summed E-state index contributed by atoms with van der Waals surface area (Å²) in [7, 11) is -3.12. The van der Waals surface area contributed by atoms with Gasteiger partial charge in [0, 0.05) is 0 Å². The second-order valence-electron chi connectivity index (χ2n) is 3.33. The van der Waals surface area contributed by atoms with E-state index in [-0.39, 0.29) is 0 Å². The van der Waals surface area contributed by atoms with Crippen LogP contribution in [-0.4, -0.2) is 13.0 Å². The number of hydrogen-bond donors (Lipinski definition) is 2. The maximum Gasteiger partial charge on any atom is 0.254 e. The Hall–Kier alpha value is -0.0900. The predicted molar refractivity (Wildman–Crippen MR) is 40.5 cm³/mol. The summed E-state index contributed by atoms with van der Waals surface area (Å²) >= 11 is 0. The Balaban J connectivity index is 0.000000180. The smallest absolute Gasteiger partial charge is 0.254 e. The average molecular weight is 166 g/mol. The van der Waals surface area contributed by atoms with Crippen LogP contribution in [0.2, 0.25) is 0 Å². The van der Waals surface area contributed by atoms with Crippen molar-refractivity contribution in [2.45, 2.75) is 27.2 Å². The molecule has 0 amide bonds. The number of thiol groups is 1. The summed E-state index contributed by atoms with van der Waals surface area (Å²) in [5, 5.41) is 0. The number of hydrogen-bond acceptors (Lipinski definition) is 2. The molecule has 3 nitrogen and oxygen atoms in total. The third kappa shape index (κ3) is 4.76. The first-order chi connectivity index (χ1) is 4.36. The Morgan fingerprint density at radius 1 is 1.50 bits per heavy atom. The van der Waals surface area contributed by atoms with E-state index in [9.17, 15) is 0 Å². The van der Waals surface area contributed by atoms with Crippen molar-refractivity contribution in [2.75, 3.05) is 0 Å². The van der Waals surface area contributed by atoms with Crippen LogP contribution in [0, 0.1) is 11.3 Å². The van der Waals surface area contributed by atoms with E-state index in [2.05, 4.69) is 20.8 Å². The van der Waals surface area contributed by atoms with Crippen LogP contribution in [0.4, 0.5) is 0 Å². The molecule has 1 N–H and O–H groups in total. The van der Waals surface area contributed by atoms with Gasteiger partial charge in [-0.15, -0.1) is 0 Å². The molecule has 0 spiro atoms. The molecule has 0 aliphatic heterocycles. The topological polar surface area (TPSA) is 54.4 Å². The first-order valence-electron chi connectivity index (χ1n) is 3.19. The van der Waals surface area contributed by atoms with Crippen LogP contribution in [0.25, 0.3) is 0 Å². The highest BCUT2D eigenvalue weighted by Gasteiger charge is 2.41. The molecule has 0 heterocycles. The maximum atomic E-state index is 8.59. The van der Waals surface area contributed by atoms with Crippen LogP contribution < -0.4 is 0 Å². The lowest BCUT2D eigenvalue weighted by molar-refractivity contribution is 0.509. The second kappa shape index (κ2) is 3.34. The van der Waals surface area contributed by atoms with Crippen molar-refractivity contribution in [3.63, 3.8) is 0 Å². The molecule has 1 fully saturated rings. The third-order valence-corrected chi connectivity index (χ3v) is 2.01. The van der Waals surface area contributed by atoms with Crippen LogP contribution >= 0.6 is 0 Å². The largest absolute Gasteiger partial charge is 0.288 e. The maximum absolute atomic E-state index is 8.59. The molecule has 0 aromatic rings. The van der Waals surface area contributed by atoms with Gasteiger partial charge < -0.3 is 0 Å². The van der Waals surface area contributed by atoms with Crippen molar-refractivity contribution in [3.8, 4) is 0 Å². The molecule has 62 valence electrons. The lowest BCUT2D eigenvalue weighted by Gasteiger charge is -1.91. The van der Waals surface area contributed by atoms with Crippen LogP contribution in [0.15, 0.2) is 0 Å². The zero-order chi connectivity index (χ0) is 8.36. The van der Waals surface area contributed by atoms with Gasteiger partial charge in [-0.05, 0) is 17.8 Å². The molecule has 4 heteroatoms. The Morgan fingerprint density at radius 2 is 1.60 bits per heavy atom. The first-order valence-corrected chi connectivity index (χ1v) is 4.32. The minimum atomic E-state index is -3.12. The molecule has 10 heavy (non-hydrogen) atoms. The molecular formula is C6H14O3S. The molecule has 1 rings (SSSR count). The van der Waals surface area contributed by atoms with Gasteiger partial charge in [-0.2, -0.15) is 0 Å². The van der Waals surface area contributed by atoms with Crippen LogP contribution in [-0.2, 0) is 11.0 Å². The molecule has 0 bridgehead atoms. The molecule has 0 aromatic carbocycles. The molecule has 0 aromatic heterocycles. The highest BCUT2D eigenvalue weighted by atomic mass is 32.2. The van der Waals surface area contributed by atoms with Gasteiger partial charge in [0.2, 0.25) is 0 Å². The van der Waals surface area contributed by atoms with Gasteiger partial charge in [0.05, 0.1) is 0 Å². The van der Waals surface area contributed by atoms with E-state index in [1.165, 1.54) is 6.42 Å². The van der Waals surface area contributed by atoms with E-state index in [0.29, 0.717) is 5.41 Å². The average Bonchev–Trinajstić information content (AvgIpc) is 2.08. The highest BCUT2D eigenvalue weighted by molar-refractivity contribution is 7.66. The van der Waals surface area contributed by atoms with Crippen LogP contribution in [0.5, 0.6) is 0 Å². The molecule has 1 unspecified atom stereocenters. The van der Waals surface area contributed by atoms with Gasteiger partial charge in [0.1, 0.15) is 0 Å². The number of rotatable bonds is 0. The van der Waals surface area contributed by atoms with Gasteiger partial charge >= 0.3 is 0 Å². The van der Waals surface area contributed by atoms with Gasteiger partial charge in [-0.1, -0.05) is 20.8 Å². The fourth-order valence-corrected chi connectivity index (χ4v) is 0.730. The fraction of sp³-hybridized carbons (Fsp3) is 1.00. The quantitative estimate of drug-likeness (QED) is 0.419. The monoisotopic (exact) mass is 166 g/mol. The summed E-state index contributed by atoms with van der Waals surface area (Å²) in [6.07, 6.45) is 1.44. The normalized spacial score (nSPS) is 27.1. The Labute approximate surface area is 63.2 Å². The summed E-state index contributed by atoms with van der Waals surface area (Å²) < 4.78 is 24.2. The lowest BCUT2D eigenvalue weighted by Crippen LogP contribution is -1.82. The summed E-state index contributed by atoms with van der Waals surface area (Å²) in [6, 6.07) is 0. The highest BCUT2D eigenvalue weighted by Crippen LogP contribution is 2.50. The predicted octanol–water partition coefficient (Wildman–Crippen LogP) is 1.12. The molecule has 1 aliphatic rings. The van der Waals surface area contributed by atoms with Crippen molar-refractivity contribution >= 4 is 11.0 Å². The van der Waals surface area contributed by atoms with Crippen LogP contribution in [0.3, 0.4) is 0 Å². The van der Waals surface area contributed by atoms with E-state index >= 15 is 0 Å². The van der Waals surface area contributed by atoms with Gasteiger partial charge in [0.25, 0.3) is 11.0 Å². The Morgan fingerprint density at radius 3 is 1.60 bits per heavy atom. The van der Waals surface area contributed by atoms with Crippen molar-refractivity contribution in [2.24, 2.45) is 11.3 Å². The lowest BCUT2D eigenvalue weighted by atomic mass is 10.1. The second-order valence-corrected chi connectivity index (χ2v) is 3.81.